The molecule has 0 aromatic heterocycles. The van der Waals surface area contributed by atoms with Crippen LogP contribution in [0.5, 0.6) is 0 Å². The molecule has 0 aliphatic carbocycles. The molecule has 0 radical (unpaired) electrons. The second-order valence-corrected chi connectivity index (χ2v) is 11.2. The fraction of sp³-hybridized carbons (Fsp3) is 0.419. The number of carbonyl (C=O) groups is 1. The van der Waals surface area contributed by atoms with E-state index in [4.69, 9.17) is 5.73 Å². The maximum absolute atomic E-state index is 11.0. The van der Waals surface area contributed by atoms with Crippen LogP contribution in [0.15, 0.2) is 141 Å². The zero-order valence-corrected chi connectivity index (χ0v) is 31.4. The van der Waals surface area contributed by atoms with Gasteiger partial charge < -0.3 is 26.5 Å². The molecule has 0 saturated heterocycles. The van der Waals surface area contributed by atoms with E-state index in [2.05, 4.69) is 94.4 Å². The molecule has 5 heteroatoms. The highest BCUT2D eigenvalue weighted by molar-refractivity contribution is 5.58. The van der Waals surface area contributed by atoms with Crippen LogP contribution >= 0.6 is 0 Å². The highest BCUT2D eigenvalue weighted by Gasteiger charge is 2.15. The fourth-order valence-electron chi connectivity index (χ4n) is 4.04. The van der Waals surface area contributed by atoms with Crippen LogP contribution in [0.25, 0.3) is 0 Å². The van der Waals surface area contributed by atoms with Crippen molar-refractivity contribution >= 4 is 6.29 Å². The van der Waals surface area contributed by atoms with E-state index in [0.29, 0.717) is 5.92 Å². The van der Waals surface area contributed by atoms with Crippen molar-refractivity contribution in [2.45, 2.75) is 91.1 Å². The molecule has 5 N–H and O–H groups in total. The predicted octanol–water partition coefficient (Wildman–Crippen LogP) is 10.2. The summed E-state index contributed by atoms with van der Waals surface area (Å²) in [6.45, 7) is 32.0. The standard InChI is InChI=1S/C20H28N2.C17H27NO.C4H8.C2H7N/c1-4-12-18(5-2)20(19-14-9-6-10-15-19)22-17(3)13-8-7-11-16-21;1-6-9-10-16(8-3)12-11-15(5)18-17(13-19)14(4)7-2;1-3-4-2;1-3-2/h4-6,9-10,12,14-15,20,22H,1-3,7-8,11,13,16,21H2;6,8-10,13-14,17-18H,1,5,7,11-12H2,2-4H3;3H,1,4H2,2H3;3H,1-2H3/b18-12+;10-9-,16-8+;;. The third-order valence-corrected chi connectivity index (χ3v) is 7.14. The monoisotopic (exact) mass is 659 g/mol. The maximum atomic E-state index is 11.0. The number of hydrogen-bond donors (Lipinski definition) is 4. The van der Waals surface area contributed by atoms with Gasteiger partial charge in [0.1, 0.15) is 6.29 Å². The smallest absolute Gasteiger partial charge is 0.142 e. The van der Waals surface area contributed by atoms with Gasteiger partial charge in [0, 0.05) is 11.4 Å². The maximum Gasteiger partial charge on any atom is 0.142 e. The van der Waals surface area contributed by atoms with Crippen molar-refractivity contribution in [3.05, 3.63) is 147 Å². The number of benzene rings is 1. The van der Waals surface area contributed by atoms with Crippen molar-refractivity contribution in [3.63, 3.8) is 0 Å². The van der Waals surface area contributed by atoms with E-state index in [-0.39, 0.29) is 12.1 Å². The molecule has 0 aliphatic rings. The Hall–Kier alpha value is -3.93. The van der Waals surface area contributed by atoms with E-state index >= 15 is 0 Å². The minimum absolute atomic E-state index is 0.0544. The van der Waals surface area contributed by atoms with Crippen molar-refractivity contribution in [2.75, 3.05) is 20.6 Å². The summed E-state index contributed by atoms with van der Waals surface area (Å²) in [5.41, 5.74) is 11.0. The van der Waals surface area contributed by atoms with Crippen molar-refractivity contribution in [2.24, 2.45) is 11.7 Å². The Balaban J connectivity index is -0.000000711. The molecule has 48 heavy (non-hydrogen) atoms. The molecule has 0 aliphatic heterocycles. The van der Waals surface area contributed by atoms with Gasteiger partial charge in [0.2, 0.25) is 0 Å². The Kier molecular flexibility index (Phi) is 36.3. The van der Waals surface area contributed by atoms with Gasteiger partial charge in [-0.1, -0.05) is 151 Å². The number of nitrogens with two attached hydrogens (primary N) is 1. The molecule has 1 rings (SSSR count). The zero-order valence-electron chi connectivity index (χ0n) is 31.4. The molecular weight excluding hydrogens is 589 g/mol. The molecular formula is C43H70N4O. The Morgan fingerprint density at radius 3 is 1.96 bits per heavy atom. The van der Waals surface area contributed by atoms with E-state index < -0.39 is 0 Å². The SMILES string of the molecule is C=C/C=C(\C=C)C(NC(=C)CCCCCN)c1ccccc1.C=C/C=C\C(=C/C)CCC(=C)NC(C=O)C(C)CC.C=CCC.CNC. The average molecular weight is 659 g/mol. The fourth-order valence-corrected chi connectivity index (χ4v) is 4.04. The molecule has 0 bridgehead atoms. The number of nitrogens with one attached hydrogen (secondary N) is 3. The van der Waals surface area contributed by atoms with Gasteiger partial charge >= 0.3 is 0 Å². The molecule has 1 aromatic carbocycles. The number of carbonyl (C=O) groups excluding carboxylic acids is 1. The molecule has 268 valence electrons. The van der Waals surface area contributed by atoms with Crippen molar-refractivity contribution in [3.8, 4) is 0 Å². The summed E-state index contributed by atoms with van der Waals surface area (Å²) in [5.74, 6) is 0.330. The van der Waals surface area contributed by atoms with Crippen molar-refractivity contribution in [1.29, 1.82) is 0 Å². The third kappa shape index (κ3) is 27.2. The van der Waals surface area contributed by atoms with Crippen LogP contribution in [0.1, 0.15) is 90.7 Å². The number of hydrogen-bond acceptors (Lipinski definition) is 5. The summed E-state index contributed by atoms with van der Waals surface area (Å²) in [7, 11) is 3.75. The highest BCUT2D eigenvalue weighted by Crippen LogP contribution is 2.24. The van der Waals surface area contributed by atoms with E-state index in [0.717, 1.165) is 81.2 Å². The summed E-state index contributed by atoms with van der Waals surface area (Å²) in [5, 5.41) is 9.50. The van der Waals surface area contributed by atoms with Crippen molar-refractivity contribution in [1.82, 2.24) is 16.0 Å². The lowest BCUT2D eigenvalue weighted by molar-refractivity contribution is -0.110. The molecule has 0 amide bonds. The Morgan fingerprint density at radius 2 is 1.50 bits per heavy atom. The van der Waals surface area contributed by atoms with Gasteiger partial charge in [0.15, 0.2) is 0 Å². The number of allylic oxidation sites excluding steroid dienone is 10. The zero-order chi connectivity index (χ0) is 37.0. The average Bonchev–Trinajstić information content (AvgIpc) is 3.11. The first-order valence-electron chi connectivity index (χ1n) is 17.3. The van der Waals surface area contributed by atoms with E-state index in [9.17, 15) is 4.79 Å². The van der Waals surface area contributed by atoms with Crippen LogP contribution in [-0.4, -0.2) is 33.0 Å². The van der Waals surface area contributed by atoms with E-state index in [1.807, 2.05) is 69.6 Å². The lowest BCUT2D eigenvalue weighted by Gasteiger charge is -2.23. The van der Waals surface area contributed by atoms with Crippen LogP contribution in [0, 0.1) is 5.92 Å². The van der Waals surface area contributed by atoms with Crippen LogP contribution < -0.4 is 21.7 Å². The lowest BCUT2D eigenvalue weighted by atomic mass is 9.97. The minimum atomic E-state index is -0.129. The first-order chi connectivity index (χ1) is 23.1. The molecule has 3 atom stereocenters. The van der Waals surface area contributed by atoms with Gasteiger partial charge in [0.05, 0.1) is 12.1 Å². The van der Waals surface area contributed by atoms with Crippen LogP contribution in [0.4, 0.5) is 0 Å². The lowest BCUT2D eigenvalue weighted by Crippen LogP contribution is -2.35. The van der Waals surface area contributed by atoms with Crippen molar-refractivity contribution < 1.29 is 4.79 Å². The van der Waals surface area contributed by atoms with Gasteiger partial charge in [-0.05, 0) is 83.1 Å². The summed E-state index contributed by atoms with van der Waals surface area (Å²) >= 11 is 0. The second kappa shape index (κ2) is 35.9. The summed E-state index contributed by atoms with van der Waals surface area (Å²) in [4.78, 5) is 11.0. The first-order valence-corrected chi connectivity index (χ1v) is 17.3. The Morgan fingerprint density at radius 1 is 0.896 bits per heavy atom. The molecule has 0 heterocycles. The van der Waals surface area contributed by atoms with Gasteiger partial charge in [-0.25, -0.2) is 0 Å². The summed E-state index contributed by atoms with van der Waals surface area (Å²) < 4.78 is 0. The molecule has 0 spiro atoms. The Bertz CT molecular complexity index is 1100. The van der Waals surface area contributed by atoms with Gasteiger partial charge in [-0.15, -0.1) is 6.58 Å². The molecule has 5 nitrogen and oxygen atoms in total. The van der Waals surface area contributed by atoms with Gasteiger partial charge in [-0.3, -0.25) is 0 Å². The molecule has 0 saturated carbocycles. The normalized spacial score (nSPS) is 12.6. The predicted molar refractivity (Wildman–Crippen MR) is 217 cm³/mol. The summed E-state index contributed by atoms with van der Waals surface area (Å²) in [6.07, 6.45) is 24.4. The van der Waals surface area contributed by atoms with Gasteiger partial charge in [0.25, 0.3) is 0 Å². The number of unbranched alkanes of at least 4 members (excludes halogenated alkanes) is 2. The number of rotatable bonds is 22. The molecule has 1 aromatic rings. The topological polar surface area (TPSA) is 79.2 Å². The summed E-state index contributed by atoms with van der Waals surface area (Å²) in [6, 6.07) is 10.3. The highest BCUT2D eigenvalue weighted by atomic mass is 16.1. The second-order valence-electron chi connectivity index (χ2n) is 11.2. The van der Waals surface area contributed by atoms with Crippen LogP contribution in [0.3, 0.4) is 0 Å². The number of aldehydes is 1. The Labute approximate surface area is 296 Å². The largest absolute Gasteiger partial charge is 0.379 e. The third-order valence-electron chi connectivity index (χ3n) is 7.14. The van der Waals surface area contributed by atoms with Crippen LogP contribution in [-0.2, 0) is 4.79 Å². The van der Waals surface area contributed by atoms with Gasteiger partial charge in [-0.2, -0.15) is 0 Å². The van der Waals surface area contributed by atoms with E-state index in [1.165, 1.54) is 11.1 Å². The molecule has 0 fully saturated rings. The molecule has 3 unspecified atom stereocenters. The van der Waals surface area contributed by atoms with Crippen LogP contribution in [0.2, 0.25) is 0 Å². The van der Waals surface area contributed by atoms with E-state index in [1.54, 1.807) is 12.2 Å². The minimum Gasteiger partial charge on any atom is -0.379 e. The quantitative estimate of drug-likeness (QED) is 0.0432. The first kappa shape index (κ1) is 48.5.